The normalized spacial score (nSPS) is 21.5. The van der Waals surface area contributed by atoms with E-state index in [4.69, 9.17) is 5.11 Å². The van der Waals surface area contributed by atoms with Gasteiger partial charge in [-0.3, -0.25) is 4.79 Å². The van der Waals surface area contributed by atoms with Gasteiger partial charge in [0.05, 0.1) is 3.79 Å². The number of hydrogen-bond acceptors (Lipinski definition) is 4. The maximum atomic E-state index is 12.5. The van der Waals surface area contributed by atoms with Crippen LogP contribution in [0.3, 0.4) is 0 Å². The van der Waals surface area contributed by atoms with Crippen LogP contribution < -0.4 is 0 Å². The molecule has 0 saturated carbocycles. The van der Waals surface area contributed by atoms with E-state index in [1.807, 2.05) is 6.92 Å². The summed E-state index contributed by atoms with van der Waals surface area (Å²) in [5.74, 6) is -1.07. The van der Waals surface area contributed by atoms with Crippen LogP contribution in [0.5, 0.6) is 0 Å². The number of halogens is 1. The van der Waals surface area contributed by atoms with Crippen LogP contribution in [0.4, 0.5) is 0 Å². The minimum Gasteiger partial charge on any atom is -0.480 e. The van der Waals surface area contributed by atoms with Crippen LogP contribution in [0.15, 0.2) is 14.1 Å². The minimum absolute atomic E-state index is 0.199. The standard InChI is InChI=1S/C11H14BrNO4S2/c1-7-6-9(18-10(7)12)19(16,17)13-5-3-2-4-8(13)11(14)15/h6,8H,2-5H2,1H3,(H,14,15)/t8-/m0/s1. The molecule has 2 heterocycles. The smallest absolute Gasteiger partial charge is 0.322 e. The van der Waals surface area contributed by atoms with E-state index in [9.17, 15) is 13.2 Å². The van der Waals surface area contributed by atoms with Crippen molar-refractivity contribution in [1.82, 2.24) is 4.31 Å². The van der Waals surface area contributed by atoms with Crippen molar-refractivity contribution in [2.45, 2.75) is 36.4 Å². The van der Waals surface area contributed by atoms with Gasteiger partial charge in [-0.25, -0.2) is 8.42 Å². The molecule has 19 heavy (non-hydrogen) atoms. The number of carboxylic acid groups (broad SMARTS) is 1. The Balaban J connectivity index is 2.39. The van der Waals surface area contributed by atoms with Gasteiger partial charge in [0.25, 0.3) is 10.0 Å². The van der Waals surface area contributed by atoms with Gasteiger partial charge >= 0.3 is 5.97 Å². The third-order valence-electron chi connectivity index (χ3n) is 3.14. The van der Waals surface area contributed by atoms with Crippen LogP contribution in [-0.4, -0.2) is 36.4 Å². The topological polar surface area (TPSA) is 74.7 Å². The van der Waals surface area contributed by atoms with Crippen LogP contribution in [0.25, 0.3) is 0 Å². The van der Waals surface area contributed by atoms with Gasteiger partial charge in [0.15, 0.2) is 0 Å². The molecule has 8 heteroatoms. The predicted octanol–water partition coefficient (Wildman–Crippen LogP) is 2.45. The predicted molar refractivity (Wildman–Crippen MR) is 75.9 cm³/mol. The molecule has 1 aromatic rings. The Morgan fingerprint density at radius 2 is 2.21 bits per heavy atom. The molecular weight excluding hydrogens is 354 g/mol. The third kappa shape index (κ3) is 2.86. The van der Waals surface area contributed by atoms with E-state index in [-0.39, 0.29) is 10.8 Å². The molecule has 106 valence electrons. The highest BCUT2D eigenvalue weighted by molar-refractivity contribution is 9.11. The van der Waals surface area contributed by atoms with E-state index in [0.717, 1.165) is 31.4 Å². The van der Waals surface area contributed by atoms with Crippen LogP contribution in [-0.2, 0) is 14.8 Å². The molecule has 0 bridgehead atoms. The molecule has 1 fully saturated rings. The fraction of sp³-hybridized carbons (Fsp3) is 0.545. The van der Waals surface area contributed by atoms with Crippen LogP contribution in [0, 0.1) is 6.92 Å². The Morgan fingerprint density at radius 3 is 2.74 bits per heavy atom. The molecule has 0 amide bonds. The molecule has 1 aromatic heterocycles. The van der Waals surface area contributed by atoms with Crippen molar-refractivity contribution >= 4 is 43.3 Å². The number of hydrogen-bond donors (Lipinski definition) is 1. The number of rotatable bonds is 3. The summed E-state index contributed by atoms with van der Waals surface area (Å²) >= 11 is 4.42. The Bertz CT molecular complexity index is 576. The second-order valence-corrected chi connectivity index (χ2v) is 8.98. The number of carbonyl (C=O) groups is 1. The van der Waals surface area contributed by atoms with Crippen molar-refractivity contribution in [3.63, 3.8) is 0 Å². The summed E-state index contributed by atoms with van der Waals surface area (Å²) in [6.45, 7) is 2.08. The second kappa shape index (κ2) is 5.51. The molecule has 5 nitrogen and oxygen atoms in total. The van der Waals surface area contributed by atoms with Gasteiger partial charge in [-0.2, -0.15) is 4.31 Å². The summed E-state index contributed by atoms with van der Waals surface area (Å²) in [5, 5.41) is 9.17. The number of sulfonamides is 1. The maximum Gasteiger partial charge on any atom is 0.322 e. The van der Waals surface area contributed by atoms with Crippen LogP contribution in [0.1, 0.15) is 24.8 Å². The average molecular weight is 368 g/mol. The van der Waals surface area contributed by atoms with Crippen LogP contribution in [0.2, 0.25) is 0 Å². The number of aliphatic carboxylic acids is 1. The molecule has 0 spiro atoms. The summed E-state index contributed by atoms with van der Waals surface area (Å²) < 4.78 is 27.1. The number of nitrogens with zero attached hydrogens (tertiary/aromatic N) is 1. The van der Waals surface area contributed by atoms with Gasteiger partial charge in [0.2, 0.25) is 0 Å². The quantitative estimate of drug-likeness (QED) is 0.889. The summed E-state index contributed by atoms with van der Waals surface area (Å²) in [5.41, 5.74) is 0.840. The lowest BCUT2D eigenvalue weighted by atomic mass is 10.1. The summed E-state index contributed by atoms with van der Waals surface area (Å²) in [6.07, 6.45) is 1.82. The average Bonchev–Trinajstić information content (AvgIpc) is 2.70. The van der Waals surface area contributed by atoms with Crippen molar-refractivity contribution < 1.29 is 18.3 Å². The lowest BCUT2D eigenvalue weighted by molar-refractivity contribution is -0.142. The fourth-order valence-corrected chi connectivity index (χ4v) is 6.12. The Hall–Kier alpha value is -0.440. The Labute approximate surface area is 124 Å². The Morgan fingerprint density at radius 1 is 1.53 bits per heavy atom. The van der Waals surface area contributed by atoms with Gasteiger partial charge in [-0.1, -0.05) is 0 Å². The van der Waals surface area contributed by atoms with E-state index < -0.39 is 22.0 Å². The van der Waals surface area contributed by atoms with Gasteiger partial charge < -0.3 is 5.11 Å². The van der Waals surface area contributed by atoms with E-state index in [1.54, 1.807) is 6.07 Å². The van der Waals surface area contributed by atoms with E-state index in [0.29, 0.717) is 12.8 Å². The highest BCUT2D eigenvalue weighted by Crippen LogP contribution is 2.34. The van der Waals surface area contributed by atoms with Gasteiger partial charge in [-0.05, 0) is 53.7 Å². The molecule has 1 atom stereocenters. The highest BCUT2D eigenvalue weighted by atomic mass is 79.9. The van der Waals surface area contributed by atoms with E-state index in [1.165, 1.54) is 0 Å². The molecule has 0 radical (unpaired) electrons. The first kappa shape index (κ1) is 15.0. The minimum atomic E-state index is -3.72. The molecule has 1 aliphatic rings. The third-order valence-corrected chi connectivity index (χ3v) is 7.63. The molecule has 0 aromatic carbocycles. The zero-order valence-corrected chi connectivity index (χ0v) is 13.5. The van der Waals surface area contributed by atoms with E-state index in [2.05, 4.69) is 15.9 Å². The van der Waals surface area contributed by atoms with Crippen molar-refractivity contribution in [3.8, 4) is 0 Å². The summed E-state index contributed by atoms with van der Waals surface area (Å²) in [4.78, 5) is 11.2. The molecule has 1 saturated heterocycles. The number of piperidine rings is 1. The van der Waals surface area contributed by atoms with Crippen LogP contribution >= 0.6 is 27.3 Å². The van der Waals surface area contributed by atoms with Gasteiger partial charge in [0.1, 0.15) is 10.3 Å². The number of thiophene rings is 1. The first-order chi connectivity index (χ1) is 8.84. The fourth-order valence-electron chi connectivity index (χ4n) is 2.11. The lowest BCUT2D eigenvalue weighted by Crippen LogP contribution is -2.47. The lowest BCUT2D eigenvalue weighted by Gasteiger charge is -2.31. The molecule has 0 aliphatic carbocycles. The van der Waals surface area contributed by atoms with Crippen molar-refractivity contribution in [1.29, 1.82) is 0 Å². The van der Waals surface area contributed by atoms with Gasteiger partial charge in [-0.15, -0.1) is 11.3 Å². The number of carboxylic acids is 1. The second-order valence-electron chi connectivity index (χ2n) is 4.49. The largest absolute Gasteiger partial charge is 0.480 e. The number of aryl methyl sites for hydroxylation is 1. The zero-order valence-electron chi connectivity index (χ0n) is 10.3. The molecule has 2 rings (SSSR count). The molecular formula is C11H14BrNO4S2. The van der Waals surface area contributed by atoms with E-state index >= 15 is 0 Å². The van der Waals surface area contributed by atoms with Gasteiger partial charge in [0, 0.05) is 6.54 Å². The highest BCUT2D eigenvalue weighted by Gasteiger charge is 2.38. The van der Waals surface area contributed by atoms with Crippen molar-refractivity contribution in [2.24, 2.45) is 0 Å². The van der Waals surface area contributed by atoms with Crippen molar-refractivity contribution in [2.75, 3.05) is 6.54 Å². The summed E-state index contributed by atoms with van der Waals surface area (Å²) in [7, 11) is -3.72. The monoisotopic (exact) mass is 367 g/mol. The van der Waals surface area contributed by atoms with Crippen molar-refractivity contribution in [3.05, 3.63) is 15.4 Å². The summed E-state index contributed by atoms with van der Waals surface area (Å²) in [6, 6.07) is 0.636. The maximum absolute atomic E-state index is 12.5. The Kier molecular flexibility index (Phi) is 4.34. The first-order valence-electron chi connectivity index (χ1n) is 5.84. The SMILES string of the molecule is Cc1cc(S(=O)(=O)N2CCCC[C@H]2C(=O)O)sc1Br. The zero-order chi connectivity index (χ0) is 14.2. The first-order valence-corrected chi connectivity index (χ1v) is 8.89. The molecule has 1 aliphatic heterocycles. The molecule has 1 N–H and O–H groups in total. The molecule has 0 unspecified atom stereocenters.